The van der Waals surface area contributed by atoms with E-state index >= 15 is 0 Å². The number of pyridine rings is 1. The molecule has 5 rings (SSSR count). The van der Waals surface area contributed by atoms with Crippen LogP contribution < -0.4 is 9.64 Å². The van der Waals surface area contributed by atoms with Gasteiger partial charge in [0.25, 0.3) is 0 Å². The van der Waals surface area contributed by atoms with Gasteiger partial charge in [0.1, 0.15) is 24.2 Å². The van der Waals surface area contributed by atoms with Gasteiger partial charge in [-0.15, -0.1) is 0 Å². The van der Waals surface area contributed by atoms with E-state index in [0.717, 1.165) is 48.8 Å². The first-order chi connectivity index (χ1) is 17.1. The van der Waals surface area contributed by atoms with E-state index in [9.17, 15) is 4.79 Å². The quantitative estimate of drug-likeness (QED) is 0.416. The molecule has 3 heterocycles. The average molecular weight is 497 g/mol. The molecule has 2 aliphatic rings. The molecular formula is C27H33ClN4O3. The topological polar surface area (TPSA) is 77.4 Å². The average Bonchev–Trinajstić information content (AvgIpc) is 2.90. The first kappa shape index (κ1) is 25.3. The maximum atomic E-state index is 9.68. The molecule has 1 aliphatic heterocycles. The highest BCUT2D eigenvalue weighted by molar-refractivity contribution is 6.63. The summed E-state index contributed by atoms with van der Waals surface area (Å²) < 4.78 is 10.7. The van der Waals surface area contributed by atoms with E-state index in [1.165, 1.54) is 44.6 Å². The Balaban J connectivity index is 0.000000431. The number of anilines is 1. The van der Waals surface area contributed by atoms with E-state index in [1.54, 1.807) is 6.20 Å². The summed E-state index contributed by atoms with van der Waals surface area (Å²) in [4.78, 5) is 26.1. The number of carbonyl (C=O) groups excluding carboxylic acids is 1. The summed E-state index contributed by atoms with van der Waals surface area (Å²) in [5.41, 5.74) is 2.13. The third-order valence-electron chi connectivity index (χ3n) is 6.57. The lowest BCUT2D eigenvalue weighted by Crippen LogP contribution is -2.39. The molecule has 1 saturated heterocycles. The van der Waals surface area contributed by atoms with E-state index in [2.05, 4.69) is 49.9 Å². The van der Waals surface area contributed by atoms with Gasteiger partial charge in [0.2, 0.25) is 11.1 Å². The first-order valence-corrected chi connectivity index (χ1v) is 12.8. The molecule has 0 bridgehead atoms. The number of carbonyl (C=O) groups is 1. The minimum Gasteiger partial charge on any atom is -0.473 e. The highest BCUT2D eigenvalue weighted by Gasteiger charge is 2.26. The summed E-state index contributed by atoms with van der Waals surface area (Å²) in [6, 6.07) is 12.6. The molecule has 0 N–H and O–H groups in total. The van der Waals surface area contributed by atoms with Crippen LogP contribution in [0, 0.1) is 0 Å². The van der Waals surface area contributed by atoms with E-state index in [4.69, 9.17) is 21.3 Å². The fourth-order valence-electron chi connectivity index (χ4n) is 4.79. The van der Waals surface area contributed by atoms with E-state index in [0.29, 0.717) is 5.92 Å². The highest BCUT2D eigenvalue weighted by Crippen LogP contribution is 2.36. The minimum atomic E-state index is -0.461. The van der Waals surface area contributed by atoms with E-state index in [-0.39, 0.29) is 12.7 Å². The molecule has 186 valence electrons. The summed E-state index contributed by atoms with van der Waals surface area (Å²) in [5, 5.41) is 0.727. The van der Waals surface area contributed by atoms with Gasteiger partial charge >= 0.3 is 0 Å². The molecule has 1 aromatic carbocycles. The van der Waals surface area contributed by atoms with Crippen LogP contribution in [0.25, 0.3) is 10.9 Å². The van der Waals surface area contributed by atoms with Crippen LogP contribution in [0.5, 0.6) is 5.88 Å². The van der Waals surface area contributed by atoms with Crippen LogP contribution in [0.2, 0.25) is 0 Å². The molecule has 35 heavy (non-hydrogen) atoms. The summed E-state index contributed by atoms with van der Waals surface area (Å²) >= 11 is 4.81. The van der Waals surface area contributed by atoms with Crippen molar-refractivity contribution < 1.29 is 14.3 Å². The number of piperidine rings is 1. The van der Waals surface area contributed by atoms with Crippen molar-refractivity contribution in [3.8, 4) is 5.88 Å². The zero-order valence-corrected chi connectivity index (χ0v) is 21.0. The highest BCUT2D eigenvalue weighted by atomic mass is 35.5. The Morgan fingerprint density at radius 1 is 1.00 bits per heavy atom. The third-order valence-corrected chi connectivity index (χ3v) is 6.68. The van der Waals surface area contributed by atoms with Crippen molar-refractivity contribution in [1.29, 1.82) is 0 Å². The SMILES string of the molecule is COCC(=O)Cl.c1ccc2nc(N3CCC(Oc4nccnc4C4CCCCC4)CC3)ccc2c1. The van der Waals surface area contributed by atoms with Crippen molar-refractivity contribution in [2.45, 2.75) is 57.0 Å². The van der Waals surface area contributed by atoms with Gasteiger partial charge in [-0.05, 0) is 42.6 Å². The van der Waals surface area contributed by atoms with Crippen LogP contribution in [-0.2, 0) is 9.53 Å². The summed E-state index contributed by atoms with van der Waals surface area (Å²) in [6.07, 6.45) is 12.1. The second-order valence-electron chi connectivity index (χ2n) is 9.04. The third kappa shape index (κ3) is 7.12. The Morgan fingerprint density at radius 2 is 1.74 bits per heavy atom. The molecule has 1 aliphatic carbocycles. The molecule has 0 spiro atoms. The molecule has 8 heteroatoms. The maximum absolute atomic E-state index is 9.68. The molecule has 7 nitrogen and oxygen atoms in total. The molecule has 0 amide bonds. The first-order valence-electron chi connectivity index (χ1n) is 12.4. The lowest BCUT2D eigenvalue weighted by Gasteiger charge is -2.33. The van der Waals surface area contributed by atoms with Gasteiger partial charge in [-0.1, -0.05) is 37.5 Å². The number of hydrogen-bond donors (Lipinski definition) is 0. The number of methoxy groups -OCH3 is 1. The second kappa shape index (κ2) is 12.8. The van der Waals surface area contributed by atoms with E-state index < -0.39 is 5.24 Å². The maximum Gasteiger partial charge on any atom is 0.247 e. The Labute approximate surface area is 211 Å². The lowest BCUT2D eigenvalue weighted by molar-refractivity contribution is -0.114. The Hall–Kier alpha value is -2.77. The van der Waals surface area contributed by atoms with Gasteiger partial charge in [0.15, 0.2) is 0 Å². The fourth-order valence-corrected chi connectivity index (χ4v) is 4.90. The lowest BCUT2D eigenvalue weighted by atomic mass is 9.87. The number of nitrogens with zero attached hydrogens (tertiary/aromatic N) is 4. The van der Waals surface area contributed by atoms with Crippen molar-refractivity contribution in [1.82, 2.24) is 15.0 Å². The molecular weight excluding hydrogens is 464 g/mol. The van der Waals surface area contributed by atoms with Crippen LogP contribution in [0.1, 0.15) is 56.6 Å². The number of para-hydroxylation sites is 1. The molecule has 0 radical (unpaired) electrons. The molecule has 0 atom stereocenters. The number of halogens is 1. The zero-order chi connectivity index (χ0) is 24.5. The van der Waals surface area contributed by atoms with Crippen LogP contribution in [-0.4, -0.2) is 53.1 Å². The molecule has 1 saturated carbocycles. The smallest absolute Gasteiger partial charge is 0.247 e. The largest absolute Gasteiger partial charge is 0.473 e. The summed E-state index contributed by atoms with van der Waals surface area (Å²) in [6.45, 7) is 1.91. The number of benzene rings is 1. The predicted octanol–water partition coefficient (Wildman–Crippen LogP) is 5.52. The summed E-state index contributed by atoms with van der Waals surface area (Å²) in [7, 11) is 1.42. The van der Waals surface area contributed by atoms with Gasteiger partial charge in [-0.3, -0.25) is 9.78 Å². The standard InChI is InChI=1S/C24H28N4O.C3H5ClO2/c1-2-7-19(8-3-1)23-24(26-15-14-25-23)29-20-12-16-28(17-13-20)22-11-10-18-6-4-5-9-21(18)27-22;1-6-2-3(4)5/h4-6,9-11,14-15,19-20H,1-3,7-8,12-13,16-17H2;2H2,1H3. The predicted molar refractivity (Wildman–Crippen MR) is 138 cm³/mol. The van der Waals surface area contributed by atoms with Crippen molar-refractivity contribution >= 4 is 33.6 Å². The number of fused-ring (bicyclic) bond motifs is 1. The van der Waals surface area contributed by atoms with Gasteiger partial charge in [-0.25, -0.2) is 9.97 Å². The molecule has 2 fully saturated rings. The number of hydrogen-bond acceptors (Lipinski definition) is 7. The minimum absolute atomic E-state index is 0.00154. The van der Waals surface area contributed by atoms with Crippen molar-refractivity contribution in [2.75, 3.05) is 31.7 Å². The van der Waals surface area contributed by atoms with Crippen LogP contribution in [0.4, 0.5) is 5.82 Å². The van der Waals surface area contributed by atoms with Crippen LogP contribution in [0.3, 0.4) is 0 Å². The Kier molecular flexibility index (Phi) is 9.26. The van der Waals surface area contributed by atoms with Crippen molar-refractivity contribution in [3.05, 3.63) is 54.5 Å². The van der Waals surface area contributed by atoms with Gasteiger partial charge < -0.3 is 14.4 Å². The zero-order valence-electron chi connectivity index (χ0n) is 20.2. The number of aromatic nitrogens is 3. The molecule has 3 aromatic rings. The van der Waals surface area contributed by atoms with Crippen LogP contribution in [0.15, 0.2) is 48.8 Å². The van der Waals surface area contributed by atoms with Crippen LogP contribution >= 0.6 is 11.6 Å². The van der Waals surface area contributed by atoms with Gasteiger partial charge in [-0.2, -0.15) is 0 Å². The summed E-state index contributed by atoms with van der Waals surface area (Å²) in [5.74, 6) is 2.33. The Morgan fingerprint density at radius 3 is 2.46 bits per heavy atom. The normalized spacial score (nSPS) is 17.0. The monoisotopic (exact) mass is 496 g/mol. The molecule has 0 unspecified atom stereocenters. The van der Waals surface area contributed by atoms with Gasteiger partial charge in [0, 0.05) is 56.7 Å². The number of ether oxygens (including phenoxy) is 2. The number of rotatable bonds is 6. The van der Waals surface area contributed by atoms with Crippen molar-refractivity contribution in [2.24, 2.45) is 0 Å². The molecule has 2 aromatic heterocycles. The fraction of sp³-hybridized carbons (Fsp3) is 0.481. The second-order valence-corrected chi connectivity index (χ2v) is 9.46. The van der Waals surface area contributed by atoms with E-state index in [1.807, 2.05) is 12.3 Å². The van der Waals surface area contributed by atoms with Crippen molar-refractivity contribution in [3.63, 3.8) is 0 Å². The van der Waals surface area contributed by atoms with Gasteiger partial charge in [0.05, 0.1) is 5.52 Å². The Bertz CT molecular complexity index is 1100.